The van der Waals surface area contributed by atoms with Gasteiger partial charge >= 0.3 is 0 Å². The van der Waals surface area contributed by atoms with Crippen molar-refractivity contribution in [3.05, 3.63) is 38.8 Å². The summed E-state index contributed by atoms with van der Waals surface area (Å²) in [6, 6.07) is 5.94. The second kappa shape index (κ2) is 6.92. The van der Waals surface area contributed by atoms with Crippen LogP contribution in [0.2, 0.25) is 5.02 Å². The third kappa shape index (κ3) is 6.11. The largest absolute Gasteiger partial charge is 0.308 e. The molecule has 0 aliphatic carbocycles. The van der Waals surface area contributed by atoms with Crippen molar-refractivity contribution in [2.45, 2.75) is 40.2 Å². The van der Waals surface area contributed by atoms with E-state index in [1.807, 2.05) is 12.1 Å². The zero-order chi connectivity index (χ0) is 14.6. The Hall–Kier alpha value is -0.310. The highest BCUT2D eigenvalue weighted by Crippen LogP contribution is 2.25. The summed E-state index contributed by atoms with van der Waals surface area (Å²) in [5, 5.41) is 4.32. The first-order valence-corrected chi connectivity index (χ1v) is 7.76. The standard InChI is InChI=1S/C16H23BrClN/c1-11(2)13(10-19-16(3,4)5)8-12-9-14(17)6-7-15(12)18/h6-9,11,19H,10H2,1-5H3/b13-8+. The number of nitrogens with one attached hydrogen (secondary N) is 1. The van der Waals surface area contributed by atoms with Crippen LogP contribution in [-0.2, 0) is 0 Å². The van der Waals surface area contributed by atoms with Gasteiger partial charge in [0.15, 0.2) is 0 Å². The highest BCUT2D eigenvalue weighted by atomic mass is 79.9. The van der Waals surface area contributed by atoms with Gasteiger partial charge < -0.3 is 5.32 Å². The number of hydrogen-bond acceptors (Lipinski definition) is 1. The van der Waals surface area contributed by atoms with E-state index in [4.69, 9.17) is 11.6 Å². The summed E-state index contributed by atoms with van der Waals surface area (Å²) in [6.07, 6.45) is 2.19. The minimum absolute atomic E-state index is 0.120. The maximum Gasteiger partial charge on any atom is 0.0479 e. The van der Waals surface area contributed by atoms with Crippen molar-refractivity contribution in [2.75, 3.05) is 6.54 Å². The molecule has 1 rings (SSSR count). The molecule has 0 atom stereocenters. The number of benzene rings is 1. The molecular weight excluding hydrogens is 322 g/mol. The Morgan fingerprint density at radius 3 is 2.53 bits per heavy atom. The highest BCUT2D eigenvalue weighted by molar-refractivity contribution is 9.10. The Morgan fingerprint density at radius 1 is 1.37 bits per heavy atom. The molecule has 0 unspecified atom stereocenters. The van der Waals surface area contributed by atoms with Gasteiger partial charge in [0.2, 0.25) is 0 Å². The quantitative estimate of drug-likeness (QED) is 0.757. The van der Waals surface area contributed by atoms with E-state index in [-0.39, 0.29) is 5.54 Å². The molecule has 0 saturated heterocycles. The van der Waals surface area contributed by atoms with Crippen LogP contribution in [0.15, 0.2) is 28.2 Å². The first-order chi connectivity index (χ1) is 8.69. The maximum atomic E-state index is 6.25. The van der Waals surface area contributed by atoms with E-state index < -0.39 is 0 Å². The van der Waals surface area contributed by atoms with Crippen molar-refractivity contribution in [1.82, 2.24) is 5.32 Å². The van der Waals surface area contributed by atoms with E-state index in [2.05, 4.69) is 68.0 Å². The van der Waals surface area contributed by atoms with Gasteiger partial charge in [-0.25, -0.2) is 0 Å². The van der Waals surface area contributed by atoms with Crippen molar-refractivity contribution in [3.63, 3.8) is 0 Å². The molecule has 0 spiro atoms. The van der Waals surface area contributed by atoms with Crippen LogP contribution in [0, 0.1) is 5.92 Å². The van der Waals surface area contributed by atoms with Gasteiger partial charge in [-0.3, -0.25) is 0 Å². The lowest BCUT2D eigenvalue weighted by molar-refractivity contribution is 0.437. The molecule has 1 N–H and O–H groups in total. The summed E-state index contributed by atoms with van der Waals surface area (Å²) < 4.78 is 1.05. The lowest BCUT2D eigenvalue weighted by Gasteiger charge is -2.23. The average Bonchev–Trinajstić information content (AvgIpc) is 2.27. The van der Waals surface area contributed by atoms with E-state index in [1.54, 1.807) is 0 Å². The molecule has 106 valence electrons. The van der Waals surface area contributed by atoms with Gasteiger partial charge in [0.1, 0.15) is 0 Å². The monoisotopic (exact) mass is 343 g/mol. The zero-order valence-electron chi connectivity index (χ0n) is 12.3. The Labute approximate surface area is 130 Å². The second-order valence-electron chi connectivity index (χ2n) is 6.14. The molecule has 1 aromatic rings. The van der Waals surface area contributed by atoms with Crippen LogP contribution >= 0.6 is 27.5 Å². The van der Waals surface area contributed by atoms with Gasteiger partial charge in [-0.05, 0) is 50.5 Å². The van der Waals surface area contributed by atoms with Crippen LogP contribution in [0.25, 0.3) is 6.08 Å². The molecule has 0 fully saturated rings. The first kappa shape index (κ1) is 16.7. The van der Waals surface area contributed by atoms with Crippen LogP contribution < -0.4 is 5.32 Å². The molecule has 3 heteroatoms. The summed E-state index contributed by atoms with van der Waals surface area (Å²) in [5.74, 6) is 0.491. The molecule has 0 aliphatic rings. The molecule has 0 aliphatic heterocycles. The van der Waals surface area contributed by atoms with Crippen LogP contribution in [0.4, 0.5) is 0 Å². The number of halogens is 2. The predicted molar refractivity (Wildman–Crippen MR) is 89.7 cm³/mol. The molecule has 19 heavy (non-hydrogen) atoms. The Morgan fingerprint density at radius 2 is 2.00 bits per heavy atom. The van der Waals surface area contributed by atoms with E-state index in [9.17, 15) is 0 Å². The topological polar surface area (TPSA) is 12.0 Å². The van der Waals surface area contributed by atoms with Gasteiger partial charge in [-0.2, -0.15) is 0 Å². The minimum Gasteiger partial charge on any atom is -0.308 e. The van der Waals surface area contributed by atoms with Crippen molar-refractivity contribution < 1.29 is 0 Å². The predicted octanol–water partition coefficient (Wildman–Crippen LogP) is 5.53. The fraction of sp³-hybridized carbons (Fsp3) is 0.500. The summed E-state index contributed by atoms with van der Waals surface area (Å²) in [6.45, 7) is 11.8. The summed E-state index contributed by atoms with van der Waals surface area (Å²) in [4.78, 5) is 0. The number of hydrogen-bond donors (Lipinski definition) is 1. The third-order valence-electron chi connectivity index (χ3n) is 2.86. The summed E-state index contributed by atoms with van der Waals surface area (Å²) in [5.41, 5.74) is 2.54. The van der Waals surface area contributed by atoms with Crippen LogP contribution in [0.3, 0.4) is 0 Å². The van der Waals surface area contributed by atoms with E-state index in [1.165, 1.54) is 5.57 Å². The van der Waals surface area contributed by atoms with E-state index in [0.29, 0.717) is 5.92 Å². The van der Waals surface area contributed by atoms with Crippen LogP contribution in [0.1, 0.15) is 40.2 Å². The summed E-state index contributed by atoms with van der Waals surface area (Å²) in [7, 11) is 0. The van der Waals surface area contributed by atoms with E-state index >= 15 is 0 Å². The zero-order valence-corrected chi connectivity index (χ0v) is 14.7. The van der Waals surface area contributed by atoms with Crippen molar-refractivity contribution in [2.24, 2.45) is 5.92 Å². The lowest BCUT2D eigenvalue weighted by Crippen LogP contribution is -2.37. The van der Waals surface area contributed by atoms with Crippen LogP contribution in [0.5, 0.6) is 0 Å². The minimum atomic E-state index is 0.120. The van der Waals surface area contributed by atoms with Gasteiger partial charge in [0.25, 0.3) is 0 Å². The van der Waals surface area contributed by atoms with Crippen molar-refractivity contribution in [3.8, 4) is 0 Å². The van der Waals surface area contributed by atoms with Crippen molar-refractivity contribution >= 4 is 33.6 Å². The maximum absolute atomic E-state index is 6.25. The molecule has 1 nitrogen and oxygen atoms in total. The lowest BCUT2D eigenvalue weighted by atomic mass is 9.98. The molecule has 0 radical (unpaired) electrons. The SMILES string of the molecule is CC(C)/C(=C/c1cc(Br)ccc1Cl)CNC(C)(C)C. The molecular formula is C16H23BrClN. The summed E-state index contributed by atoms with van der Waals surface area (Å²) >= 11 is 9.74. The smallest absolute Gasteiger partial charge is 0.0479 e. The first-order valence-electron chi connectivity index (χ1n) is 6.59. The molecule has 1 aromatic carbocycles. The molecule has 0 bridgehead atoms. The van der Waals surface area contributed by atoms with Crippen molar-refractivity contribution in [1.29, 1.82) is 0 Å². The molecule has 0 saturated carbocycles. The van der Waals surface area contributed by atoms with Gasteiger partial charge in [0, 0.05) is 21.6 Å². The normalized spacial score (nSPS) is 13.2. The van der Waals surface area contributed by atoms with Gasteiger partial charge in [0.05, 0.1) is 0 Å². The Bertz CT molecular complexity index is 458. The number of rotatable bonds is 4. The molecule has 0 aromatic heterocycles. The molecule has 0 amide bonds. The Kier molecular flexibility index (Phi) is 6.10. The average molecular weight is 345 g/mol. The molecule has 0 heterocycles. The Balaban J connectivity index is 2.98. The van der Waals surface area contributed by atoms with E-state index in [0.717, 1.165) is 21.6 Å². The van der Waals surface area contributed by atoms with Gasteiger partial charge in [-0.15, -0.1) is 0 Å². The fourth-order valence-corrected chi connectivity index (χ4v) is 2.16. The van der Waals surface area contributed by atoms with Gasteiger partial charge in [-0.1, -0.05) is 53.0 Å². The second-order valence-corrected chi connectivity index (χ2v) is 7.47. The third-order valence-corrected chi connectivity index (χ3v) is 3.70. The van der Waals surface area contributed by atoms with Crippen LogP contribution in [-0.4, -0.2) is 12.1 Å². The highest BCUT2D eigenvalue weighted by Gasteiger charge is 2.12. The fourth-order valence-electron chi connectivity index (χ4n) is 1.61.